The summed E-state index contributed by atoms with van der Waals surface area (Å²) in [6.07, 6.45) is -2.68. The maximum Gasteiger partial charge on any atom is 0.416 e. The Morgan fingerprint density at radius 2 is 1.89 bits per heavy atom. The van der Waals surface area contributed by atoms with Crippen LogP contribution in [0.25, 0.3) is 0 Å². The van der Waals surface area contributed by atoms with Gasteiger partial charge in [-0.3, -0.25) is 9.69 Å². The highest BCUT2D eigenvalue weighted by Crippen LogP contribution is 2.49. The molecule has 0 radical (unpaired) electrons. The molecule has 1 saturated carbocycles. The number of carbonyl (C=O) groups is 1. The van der Waals surface area contributed by atoms with Crippen LogP contribution < -0.4 is 5.32 Å². The molecular weight excluding hydrogens is 379 g/mol. The molecule has 1 aromatic carbocycles. The van der Waals surface area contributed by atoms with E-state index in [9.17, 15) is 18.0 Å². The average molecular weight is 404 g/mol. The second-order valence-corrected chi connectivity index (χ2v) is 7.58. The lowest BCUT2D eigenvalue weighted by molar-refractivity contribution is -0.137. The normalized spacial score (nSPS) is 28.7. The largest absolute Gasteiger partial charge is 0.416 e. The Labute approximate surface area is 163 Å². The van der Waals surface area contributed by atoms with Gasteiger partial charge in [0.05, 0.1) is 5.56 Å². The fraction of sp³-hybridized carbons (Fsp3) is 0.632. The summed E-state index contributed by atoms with van der Waals surface area (Å²) in [6.45, 7) is 5.53. The van der Waals surface area contributed by atoms with Crippen LogP contribution in [-0.2, 0) is 11.0 Å². The third-order valence-electron chi connectivity index (χ3n) is 5.89. The van der Waals surface area contributed by atoms with Crippen LogP contribution in [0.3, 0.4) is 0 Å². The maximum atomic E-state index is 12.9. The van der Waals surface area contributed by atoms with Gasteiger partial charge in [-0.2, -0.15) is 13.2 Å². The lowest BCUT2D eigenvalue weighted by Gasteiger charge is -2.32. The quantitative estimate of drug-likeness (QED) is 0.843. The van der Waals surface area contributed by atoms with E-state index in [1.165, 1.54) is 12.1 Å². The third-order valence-corrected chi connectivity index (χ3v) is 5.89. The Balaban J connectivity index is 0.00000210. The molecule has 1 aromatic rings. The minimum atomic E-state index is -4.34. The van der Waals surface area contributed by atoms with Crippen molar-refractivity contribution in [2.24, 2.45) is 5.92 Å². The zero-order valence-electron chi connectivity index (χ0n) is 15.0. The maximum absolute atomic E-state index is 12.9. The number of rotatable bonds is 3. The Morgan fingerprint density at radius 3 is 2.59 bits per heavy atom. The van der Waals surface area contributed by atoms with Crippen LogP contribution in [0.5, 0.6) is 0 Å². The van der Waals surface area contributed by atoms with E-state index in [-0.39, 0.29) is 30.2 Å². The van der Waals surface area contributed by atoms with Crippen molar-refractivity contribution in [2.45, 2.75) is 31.0 Å². The number of likely N-dealkylation sites (tertiary alicyclic amines) is 1. The topological polar surface area (TPSA) is 35.6 Å². The Morgan fingerprint density at radius 1 is 1.15 bits per heavy atom. The van der Waals surface area contributed by atoms with Crippen molar-refractivity contribution in [1.29, 1.82) is 0 Å². The van der Waals surface area contributed by atoms with Crippen molar-refractivity contribution in [3.8, 4) is 0 Å². The monoisotopic (exact) mass is 403 g/mol. The van der Waals surface area contributed by atoms with Gasteiger partial charge in [0.1, 0.15) is 0 Å². The number of amides is 1. The predicted octanol–water partition coefficient (Wildman–Crippen LogP) is 2.74. The van der Waals surface area contributed by atoms with Gasteiger partial charge in [-0.15, -0.1) is 12.4 Å². The van der Waals surface area contributed by atoms with Gasteiger partial charge >= 0.3 is 6.18 Å². The van der Waals surface area contributed by atoms with Crippen molar-refractivity contribution in [3.63, 3.8) is 0 Å². The summed E-state index contributed by atoms with van der Waals surface area (Å²) in [5.41, 5.74) is 0.00377. The van der Waals surface area contributed by atoms with E-state index in [0.717, 1.165) is 51.8 Å². The van der Waals surface area contributed by atoms with Crippen LogP contribution in [0.15, 0.2) is 24.3 Å². The number of benzene rings is 1. The second kappa shape index (κ2) is 7.97. The molecule has 1 amide bonds. The van der Waals surface area contributed by atoms with Crippen molar-refractivity contribution >= 4 is 18.3 Å². The molecule has 2 heterocycles. The van der Waals surface area contributed by atoms with E-state index >= 15 is 0 Å². The second-order valence-electron chi connectivity index (χ2n) is 7.58. The number of carbonyl (C=O) groups excluding carboxylic acids is 1. The highest BCUT2D eigenvalue weighted by Gasteiger charge is 2.47. The van der Waals surface area contributed by atoms with Gasteiger partial charge in [0, 0.05) is 51.2 Å². The molecule has 1 N–H and O–H groups in total. The zero-order valence-corrected chi connectivity index (χ0v) is 15.9. The number of alkyl halides is 3. The lowest BCUT2D eigenvalue weighted by Crippen LogP contribution is -2.49. The molecule has 3 fully saturated rings. The van der Waals surface area contributed by atoms with Crippen molar-refractivity contribution in [3.05, 3.63) is 35.4 Å². The van der Waals surface area contributed by atoms with Crippen LogP contribution >= 0.6 is 12.4 Å². The van der Waals surface area contributed by atoms with Crippen LogP contribution in [0, 0.1) is 5.92 Å². The minimum absolute atomic E-state index is 0. The molecule has 4 nitrogen and oxygen atoms in total. The highest BCUT2D eigenvalue weighted by molar-refractivity contribution is 5.85. The first-order chi connectivity index (χ1) is 12.4. The van der Waals surface area contributed by atoms with E-state index in [2.05, 4.69) is 10.2 Å². The molecule has 150 valence electrons. The lowest BCUT2D eigenvalue weighted by atomic mass is 10.1. The number of piperazine rings is 1. The first-order valence-electron chi connectivity index (χ1n) is 9.34. The molecule has 27 heavy (non-hydrogen) atoms. The summed E-state index contributed by atoms with van der Waals surface area (Å²) in [6, 6.07) is 5.86. The third kappa shape index (κ3) is 4.41. The van der Waals surface area contributed by atoms with E-state index in [0.29, 0.717) is 18.0 Å². The molecule has 2 aliphatic heterocycles. The number of hydrogen-bond acceptors (Lipinski definition) is 3. The van der Waals surface area contributed by atoms with Crippen molar-refractivity contribution in [2.75, 3.05) is 39.3 Å². The molecule has 8 heteroatoms. The summed E-state index contributed by atoms with van der Waals surface area (Å²) in [5.74, 6) is -0.103. The molecule has 3 atom stereocenters. The van der Waals surface area contributed by atoms with Crippen LogP contribution in [0.2, 0.25) is 0 Å². The number of nitrogens with one attached hydrogen (secondary N) is 1. The molecule has 0 aromatic heterocycles. The van der Waals surface area contributed by atoms with E-state index < -0.39 is 11.7 Å². The molecule has 4 rings (SSSR count). The zero-order chi connectivity index (χ0) is 18.3. The van der Waals surface area contributed by atoms with Gasteiger partial charge in [0.15, 0.2) is 0 Å². The molecule has 0 spiro atoms. The first-order valence-corrected chi connectivity index (χ1v) is 9.34. The van der Waals surface area contributed by atoms with Gasteiger partial charge in [-0.1, -0.05) is 18.2 Å². The average Bonchev–Trinajstić information content (AvgIpc) is 3.29. The van der Waals surface area contributed by atoms with E-state index in [1.807, 2.05) is 4.90 Å². The standard InChI is InChI=1S/C19H24F3N3O.ClH/c20-19(21,22)14-3-1-2-13(10-14)16-11-17(16)18(26)25-7-4-15(12-25)24-8-5-23-6-9-24;/h1-3,10,15-17,23H,4-9,11-12H2;1H. The minimum Gasteiger partial charge on any atom is -0.341 e. The summed E-state index contributed by atoms with van der Waals surface area (Å²) in [5, 5.41) is 3.34. The smallest absolute Gasteiger partial charge is 0.341 e. The Bertz CT molecular complexity index is 678. The molecule has 3 aliphatic rings. The number of halogens is 4. The summed E-state index contributed by atoms with van der Waals surface area (Å²) >= 11 is 0. The van der Waals surface area contributed by atoms with Gasteiger partial charge in [0.25, 0.3) is 0 Å². The summed E-state index contributed by atoms with van der Waals surface area (Å²) in [4.78, 5) is 17.1. The summed E-state index contributed by atoms with van der Waals surface area (Å²) in [7, 11) is 0. The molecular formula is C19H25ClF3N3O. The molecule has 3 unspecified atom stereocenters. The molecule has 2 saturated heterocycles. The van der Waals surface area contributed by atoms with Gasteiger partial charge < -0.3 is 10.2 Å². The predicted molar refractivity (Wildman–Crippen MR) is 99.0 cm³/mol. The first kappa shape index (κ1) is 20.4. The van der Waals surface area contributed by atoms with Crippen LogP contribution in [-0.4, -0.2) is 61.0 Å². The Kier molecular flexibility index (Phi) is 6.03. The van der Waals surface area contributed by atoms with E-state index in [4.69, 9.17) is 0 Å². The fourth-order valence-electron chi connectivity index (χ4n) is 4.30. The van der Waals surface area contributed by atoms with E-state index in [1.54, 1.807) is 6.07 Å². The molecule has 1 aliphatic carbocycles. The van der Waals surface area contributed by atoms with Crippen molar-refractivity contribution < 1.29 is 18.0 Å². The SMILES string of the molecule is Cl.O=C(C1CC1c1cccc(C(F)(F)F)c1)N1CCC(N2CCNCC2)C1. The fourth-order valence-corrected chi connectivity index (χ4v) is 4.30. The highest BCUT2D eigenvalue weighted by atomic mass is 35.5. The van der Waals surface area contributed by atoms with Gasteiger partial charge in [-0.05, 0) is 30.4 Å². The van der Waals surface area contributed by atoms with Gasteiger partial charge in [0.2, 0.25) is 5.91 Å². The Hall–Kier alpha value is -1.31. The summed E-state index contributed by atoms with van der Waals surface area (Å²) < 4.78 is 38.7. The molecule has 0 bridgehead atoms. The number of nitrogens with zero attached hydrogens (tertiary/aromatic N) is 2. The number of hydrogen-bond donors (Lipinski definition) is 1. The van der Waals surface area contributed by atoms with Crippen LogP contribution in [0.1, 0.15) is 29.9 Å². The van der Waals surface area contributed by atoms with Crippen molar-refractivity contribution in [1.82, 2.24) is 15.1 Å². The van der Waals surface area contributed by atoms with Gasteiger partial charge in [-0.25, -0.2) is 0 Å². The van der Waals surface area contributed by atoms with Crippen LogP contribution in [0.4, 0.5) is 13.2 Å².